The summed E-state index contributed by atoms with van der Waals surface area (Å²) in [6.07, 6.45) is 3.38. The van der Waals surface area contributed by atoms with Crippen LogP contribution in [0.1, 0.15) is 67.2 Å². The van der Waals surface area contributed by atoms with E-state index < -0.39 is 0 Å². The third kappa shape index (κ3) is 5.82. The lowest BCUT2D eigenvalue weighted by Crippen LogP contribution is -2.54. The molecule has 0 saturated carbocycles. The Kier molecular flexibility index (Phi) is 7.23. The number of hydrogen-bond acceptors (Lipinski definition) is 3. The molecule has 22 heavy (non-hydrogen) atoms. The third-order valence-electron chi connectivity index (χ3n) is 3.60. The van der Waals surface area contributed by atoms with Crippen molar-refractivity contribution in [2.24, 2.45) is 5.92 Å². The molecule has 2 amide bonds. The molecule has 1 aliphatic heterocycles. The quantitative estimate of drug-likeness (QED) is 0.813. The number of nitrogens with one attached hydrogen (secondary N) is 1. The SMILES string of the molecule is CCCCC(=O)N1C(CC(C)C)SCC1C(=O)NC(C)(C)C. The molecule has 0 bridgehead atoms. The highest BCUT2D eigenvalue weighted by Crippen LogP contribution is 2.34. The topological polar surface area (TPSA) is 49.4 Å². The van der Waals surface area contributed by atoms with Crippen molar-refractivity contribution in [1.29, 1.82) is 0 Å². The fraction of sp³-hybridized carbons (Fsp3) is 0.882. The molecule has 2 atom stereocenters. The summed E-state index contributed by atoms with van der Waals surface area (Å²) in [5.74, 6) is 1.34. The van der Waals surface area contributed by atoms with Gasteiger partial charge in [-0.3, -0.25) is 9.59 Å². The first kappa shape index (κ1) is 19.3. The van der Waals surface area contributed by atoms with Crippen LogP contribution in [0.3, 0.4) is 0 Å². The first-order valence-corrected chi connectivity index (χ1v) is 9.45. The van der Waals surface area contributed by atoms with Crippen LogP contribution in [-0.4, -0.2) is 39.4 Å². The molecule has 1 heterocycles. The van der Waals surface area contributed by atoms with Crippen molar-refractivity contribution < 1.29 is 9.59 Å². The number of carbonyl (C=O) groups excluding carboxylic acids is 2. The van der Waals surface area contributed by atoms with E-state index in [2.05, 4.69) is 26.1 Å². The minimum atomic E-state index is -0.322. The third-order valence-corrected chi connectivity index (χ3v) is 4.91. The Morgan fingerprint density at radius 3 is 2.45 bits per heavy atom. The van der Waals surface area contributed by atoms with Gasteiger partial charge in [-0.1, -0.05) is 27.2 Å². The summed E-state index contributed by atoms with van der Waals surface area (Å²) in [4.78, 5) is 27.0. The van der Waals surface area contributed by atoms with E-state index in [0.29, 0.717) is 18.1 Å². The number of hydrogen-bond donors (Lipinski definition) is 1. The molecule has 1 saturated heterocycles. The predicted molar refractivity (Wildman–Crippen MR) is 93.8 cm³/mol. The molecule has 5 heteroatoms. The van der Waals surface area contributed by atoms with E-state index in [1.54, 1.807) is 11.8 Å². The van der Waals surface area contributed by atoms with Crippen molar-refractivity contribution in [2.75, 3.05) is 5.75 Å². The molecule has 0 spiro atoms. The molecule has 1 aliphatic rings. The summed E-state index contributed by atoms with van der Waals surface area (Å²) in [6.45, 7) is 12.3. The van der Waals surface area contributed by atoms with E-state index in [-0.39, 0.29) is 28.8 Å². The number of carbonyl (C=O) groups is 2. The monoisotopic (exact) mass is 328 g/mol. The second-order valence-corrected chi connectivity index (χ2v) is 8.79. The molecule has 1 rings (SSSR count). The Balaban J connectivity index is 2.85. The van der Waals surface area contributed by atoms with E-state index in [1.165, 1.54) is 0 Å². The van der Waals surface area contributed by atoms with Crippen LogP contribution in [0, 0.1) is 5.92 Å². The minimum Gasteiger partial charge on any atom is -0.350 e. The van der Waals surface area contributed by atoms with Crippen LogP contribution in [0.5, 0.6) is 0 Å². The molecule has 1 N–H and O–H groups in total. The second-order valence-electron chi connectivity index (χ2n) is 7.58. The summed E-state index contributed by atoms with van der Waals surface area (Å²) in [6, 6.07) is -0.322. The number of unbranched alkanes of at least 4 members (excludes halogenated alkanes) is 1. The molecule has 1 fully saturated rings. The highest BCUT2D eigenvalue weighted by atomic mass is 32.2. The Morgan fingerprint density at radius 1 is 1.32 bits per heavy atom. The van der Waals surface area contributed by atoms with Gasteiger partial charge in [-0.05, 0) is 39.5 Å². The van der Waals surface area contributed by atoms with E-state index in [1.807, 2.05) is 25.7 Å². The molecule has 2 unspecified atom stereocenters. The molecule has 0 aromatic rings. The van der Waals surface area contributed by atoms with Gasteiger partial charge in [-0.15, -0.1) is 11.8 Å². The van der Waals surface area contributed by atoms with Crippen LogP contribution in [0.4, 0.5) is 0 Å². The van der Waals surface area contributed by atoms with E-state index in [4.69, 9.17) is 0 Å². The first-order valence-electron chi connectivity index (χ1n) is 8.40. The van der Waals surface area contributed by atoms with Gasteiger partial charge in [0, 0.05) is 17.7 Å². The van der Waals surface area contributed by atoms with Crippen molar-refractivity contribution in [2.45, 2.75) is 84.2 Å². The van der Waals surface area contributed by atoms with Gasteiger partial charge in [0.15, 0.2) is 0 Å². The summed E-state index contributed by atoms with van der Waals surface area (Å²) in [5.41, 5.74) is -0.268. The van der Waals surface area contributed by atoms with Gasteiger partial charge >= 0.3 is 0 Å². The summed E-state index contributed by atoms with van der Waals surface area (Å²) in [7, 11) is 0. The molecular formula is C17H32N2O2S. The van der Waals surface area contributed by atoms with E-state index >= 15 is 0 Å². The fourth-order valence-corrected chi connectivity index (χ4v) is 4.26. The molecular weight excluding hydrogens is 296 g/mol. The van der Waals surface area contributed by atoms with Crippen molar-refractivity contribution >= 4 is 23.6 Å². The minimum absolute atomic E-state index is 0.0175. The summed E-state index contributed by atoms with van der Waals surface area (Å²) >= 11 is 1.75. The van der Waals surface area contributed by atoms with Gasteiger partial charge in [-0.2, -0.15) is 0 Å². The van der Waals surface area contributed by atoms with Crippen LogP contribution in [0.2, 0.25) is 0 Å². The zero-order valence-corrected chi connectivity index (χ0v) is 15.8. The molecule has 0 aromatic heterocycles. The van der Waals surface area contributed by atoms with Gasteiger partial charge in [0.1, 0.15) is 6.04 Å². The Labute approximate surface area is 139 Å². The lowest BCUT2D eigenvalue weighted by atomic mass is 10.1. The second kappa shape index (κ2) is 8.23. The first-order chi connectivity index (χ1) is 10.2. The highest BCUT2D eigenvalue weighted by Gasteiger charge is 2.41. The molecule has 0 aliphatic carbocycles. The molecule has 128 valence electrons. The number of thioether (sulfide) groups is 1. The van der Waals surface area contributed by atoms with Crippen LogP contribution in [-0.2, 0) is 9.59 Å². The number of amides is 2. The molecule has 0 radical (unpaired) electrons. The van der Waals surface area contributed by atoms with Crippen molar-refractivity contribution in [3.8, 4) is 0 Å². The number of nitrogens with zero attached hydrogens (tertiary/aromatic N) is 1. The fourth-order valence-electron chi connectivity index (χ4n) is 2.59. The number of rotatable bonds is 6. The van der Waals surface area contributed by atoms with Crippen molar-refractivity contribution in [1.82, 2.24) is 10.2 Å². The average Bonchev–Trinajstić information content (AvgIpc) is 2.76. The highest BCUT2D eigenvalue weighted by molar-refractivity contribution is 8.00. The van der Waals surface area contributed by atoms with Crippen LogP contribution < -0.4 is 5.32 Å². The van der Waals surface area contributed by atoms with Crippen LogP contribution >= 0.6 is 11.8 Å². The van der Waals surface area contributed by atoms with Crippen LogP contribution in [0.15, 0.2) is 0 Å². The van der Waals surface area contributed by atoms with Gasteiger partial charge in [0.25, 0.3) is 0 Å². The van der Waals surface area contributed by atoms with Gasteiger partial charge in [0.05, 0.1) is 5.37 Å². The smallest absolute Gasteiger partial charge is 0.244 e. The van der Waals surface area contributed by atoms with Gasteiger partial charge in [0.2, 0.25) is 11.8 Å². The Hall–Kier alpha value is -0.710. The van der Waals surface area contributed by atoms with E-state index in [0.717, 1.165) is 19.3 Å². The zero-order chi connectivity index (χ0) is 16.9. The predicted octanol–water partition coefficient (Wildman–Crippen LogP) is 3.41. The maximum Gasteiger partial charge on any atom is 0.244 e. The normalized spacial score (nSPS) is 22.2. The Morgan fingerprint density at radius 2 is 1.95 bits per heavy atom. The zero-order valence-electron chi connectivity index (χ0n) is 14.9. The maximum absolute atomic E-state index is 12.6. The standard InChI is InChI=1S/C17H32N2O2S/c1-7-8-9-14(20)19-13(16(21)18-17(4,5)6)11-22-15(19)10-12(2)3/h12-13,15H,7-11H2,1-6H3,(H,18,21). The van der Waals surface area contributed by atoms with Crippen molar-refractivity contribution in [3.05, 3.63) is 0 Å². The maximum atomic E-state index is 12.6. The Bertz CT molecular complexity index is 391. The lowest BCUT2D eigenvalue weighted by molar-refractivity contribution is -0.140. The largest absolute Gasteiger partial charge is 0.350 e. The molecule has 4 nitrogen and oxygen atoms in total. The van der Waals surface area contributed by atoms with E-state index in [9.17, 15) is 9.59 Å². The summed E-state index contributed by atoms with van der Waals surface area (Å²) < 4.78 is 0. The van der Waals surface area contributed by atoms with Crippen LogP contribution in [0.25, 0.3) is 0 Å². The lowest BCUT2D eigenvalue weighted by Gasteiger charge is -2.31. The van der Waals surface area contributed by atoms with Gasteiger partial charge < -0.3 is 10.2 Å². The summed E-state index contributed by atoms with van der Waals surface area (Å²) in [5, 5.41) is 3.17. The molecule has 0 aromatic carbocycles. The van der Waals surface area contributed by atoms with Gasteiger partial charge in [-0.25, -0.2) is 0 Å². The van der Waals surface area contributed by atoms with Crippen molar-refractivity contribution in [3.63, 3.8) is 0 Å². The average molecular weight is 329 g/mol.